The van der Waals surface area contributed by atoms with E-state index in [4.69, 9.17) is 22.3 Å². The van der Waals surface area contributed by atoms with Crippen LogP contribution in [0.2, 0.25) is 0 Å². The lowest BCUT2D eigenvalue weighted by atomic mass is 10.1. The van der Waals surface area contributed by atoms with Gasteiger partial charge in [0.1, 0.15) is 18.1 Å². The summed E-state index contributed by atoms with van der Waals surface area (Å²) < 4.78 is 0. The minimum atomic E-state index is -0.325. The Morgan fingerprint density at radius 1 is 0.690 bits per heavy atom. The fourth-order valence-electron chi connectivity index (χ4n) is 2.67. The highest BCUT2D eigenvalue weighted by molar-refractivity contribution is 5.97. The topological polar surface area (TPSA) is 158 Å². The van der Waals surface area contributed by atoms with E-state index in [1.165, 1.54) is 0 Å². The number of carbonyl (C=O) groups is 2. The van der Waals surface area contributed by atoms with Crippen LogP contribution in [0.25, 0.3) is 0 Å². The number of amides is 2. The second-order valence-electron chi connectivity index (χ2n) is 6.60. The van der Waals surface area contributed by atoms with Crippen LogP contribution in [-0.4, -0.2) is 36.6 Å². The monoisotopic (exact) mass is 394 g/mol. The van der Waals surface area contributed by atoms with Crippen molar-refractivity contribution in [2.75, 3.05) is 13.1 Å². The summed E-state index contributed by atoms with van der Waals surface area (Å²) in [7, 11) is 0. The molecule has 2 aromatic rings. The van der Waals surface area contributed by atoms with E-state index >= 15 is 0 Å². The van der Waals surface area contributed by atoms with Gasteiger partial charge in [-0.2, -0.15) is 0 Å². The number of nitrogens with two attached hydrogens (primary N) is 2. The maximum atomic E-state index is 11.9. The average molecular weight is 394 g/mol. The predicted octanol–water partition coefficient (Wildman–Crippen LogP) is 0.662. The number of nitrogen functional groups attached to an aromatic ring is 2. The van der Waals surface area contributed by atoms with Crippen molar-refractivity contribution in [1.29, 1.82) is 10.8 Å². The maximum absolute atomic E-state index is 11.9. The first-order chi connectivity index (χ1) is 13.8. The van der Waals surface area contributed by atoms with Crippen molar-refractivity contribution in [1.82, 2.24) is 10.6 Å². The number of carbonyl (C=O) groups excluding carboxylic acids is 2. The molecule has 0 aliphatic carbocycles. The second kappa shape index (κ2) is 10.6. The molecular weight excluding hydrogens is 368 g/mol. The SMILES string of the molecule is N=C(N)c1ccc(CCNC(=O)CC(=O)NCCc2ccc(C(=N)N)cc2)cc1. The summed E-state index contributed by atoms with van der Waals surface area (Å²) in [5.74, 6) is -0.616. The molecule has 2 aromatic carbocycles. The Kier molecular flexibility index (Phi) is 7.90. The molecule has 0 heterocycles. The molecule has 0 fully saturated rings. The highest BCUT2D eigenvalue weighted by Crippen LogP contribution is 2.05. The van der Waals surface area contributed by atoms with Gasteiger partial charge in [-0.3, -0.25) is 20.4 Å². The van der Waals surface area contributed by atoms with Crippen molar-refractivity contribution < 1.29 is 9.59 Å². The lowest BCUT2D eigenvalue weighted by Crippen LogP contribution is -2.33. The average Bonchev–Trinajstić information content (AvgIpc) is 2.68. The Bertz CT molecular complexity index is 802. The van der Waals surface area contributed by atoms with Gasteiger partial charge >= 0.3 is 0 Å². The van der Waals surface area contributed by atoms with Crippen LogP contribution in [0, 0.1) is 10.8 Å². The lowest BCUT2D eigenvalue weighted by Gasteiger charge is -2.08. The highest BCUT2D eigenvalue weighted by Gasteiger charge is 2.08. The van der Waals surface area contributed by atoms with Crippen LogP contribution in [0.15, 0.2) is 48.5 Å². The molecule has 8 heteroatoms. The number of hydrogen-bond acceptors (Lipinski definition) is 4. The summed E-state index contributed by atoms with van der Waals surface area (Å²) in [6.07, 6.45) is 1.04. The van der Waals surface area contributed by atoms with Crippen LogP contribution < -0.4 is 22.1 Å². The molecule has 0 bridgehead atoms. The van der Waals surface area contributed by atoms with Gasteiger partial charge in [-0.15, -0.1) is 0 Å². The second-order valence-corrected chi connectivity index (χ2v) is 6.60. The van der Waals surface area contributed by atoms with Crippen molar-refractivity contribution in [3.63, 3.8) is 0 Å². The third-order valence-corrected chi connectivity index (χ3v) is 4.32. The molecule has 152 valence electrons. The number of rotatable bonds is 10. The maximum Gasteiger partial charge on any atom is 0.229 e. The number of nitrogens with one attached hydrogen (secondary N) is 4. The van der Waals surface area contributed by atoms with Gasteiger partial charge < -0.3 is 22.1 Å². The lowest BCUT2D eigenvalue weighted by molar-refractivity contribution is -0.129. The molecule has 29 heavy (non-hydrogen) atoms. The summed E-state index contributed by atoms with van der Waals surface area (Å²) in [5, 5.41) is 20.2. The molecule has 0 unspecified atom stereocenters. The smallest absolute Gasteiger partial charge is 0.229 e. The third kappa shape index (κ3) is 7.45. The van der Waals surface area contributed by atoms with Crippen LogP contribution in [0.1, 0.15) is 28.7 Å². The van der Waals surface area contributed by atoms with Crippen molar-refractivity contribution in [3.05, 3.63) is 70.8 Å². The molecule has 8 N–H and O–H groups in total. The van der Waals surface area contributed by atoms with E-state index in [2.05, 4.69) is 10.6 Å². The summed E-state index contributed by atoms with van der Waals surface area (Å²) in [5.41, 5.74) is 14.2. The van der Waals surface area contributed by atoms with E-state index in [0.29, 0.717) is 37.1 Å². The van der Waals surface area contributed by atoms with Crippen molar-refractivity contribution in [2.24, 2.45) is 11.5 Å². The number of hydrogen-bond donors (Lipinski definition) is 6. The summed E-state index contributed by atoms with van der Waals surface area (Å²) >= 11 is 0. The Labute approximate surface area is 169 Å². The zero-order valence-electron chi connectivity index (χ0n) is 16.1. The third-order valence-electron chi connectivity index (χ3n) is 4.32. The minimum Gasteiger partial charge on any atom is -0.384 e. The molecule has 8 nitrogen and oxygen atoms in total. The van der Waals surface area contributed by atoms with Crippen LogP contribution in [-0.2, 0) is 22.4 Å². The van der Waals surface area contributed by atoms with E-state index in [1.54, 1.807) is 24.3 Å². The zero-order chi connectivity index (χ0) is 21.2. The van der Waals surface area contributed by atoms with Crippen LogP contribution >= 0.6 is 0 Å². The first kappa shape index (κ1) is 21.6. The van der Waals surface area contributed by atoms with Crippen LogP contribution in [0.4, 0.5) is 0 Å². The number of amidine groups is 2. The fraction of sp³-hybridized carbons (Fsp3) is 0.238. The van der Waals surface area contributed by atoms with E-state index in [9.17, 15) is 9.59 Å². The van der Waals surface area contributed by atoms with E-state index in [-0.39, 0.29) is 29.9 Å². The molecule has 0 atom stereocenters. The van der Waals surface area contributed by atoms with Gasteiger partial charge in [0.2, 0.25) is 11.8 Å². The van der Waals surface area contributed by atoms with Crippen molar-refractivity contribution >= 4 is 23.5 Å². The molecule has 0 radical (unpaired) electrons. The van der Waals surface area contributed by atoms with Gasteiger partial charge in [-0.25, -0.2) is 0 Å². The molecular formula is C21H26N6O2. The van der Waals surface area contributed by atoms with Crippen molar-refractivity contribution in [3.8, 4) is 0 Å². The van der Waals surface area contributed by atoms with Gasteiger partial charge in [-0.05, 0) is 24.0 Å². The normalized spacial score (nSPS) is 10.2. The summed E-state index contributed by atoms with van der Waals surface area (Å²) in [6, 6.07) is 14.5. The quantitative estimate of drug-likeness (QED) is 0.199. The van der Waals surface area contributed by atoms with E-state index in [1.807, 2.05) is 24.3 Å². The molecule has 0 aliphatic rings. The van der Waals surface area contributed by atoms with Crippen LogP contribution in [0.3, 0.4) is 0 Å². The zero-order valence-corrected chi connectivity index (χ0v) is 16.1. The molecule has 2 amide bonds. The molecule has 0 saturated heterocycles. The van der Waals surface area contributed by atoms with Crippen LogP contribution in [0.5, 0.6) is 0 Å². The first-order valence-electron chi connectivity index (χ1n) is 9.25. The Balaban J connectivity index is 1.63. The Morgan fingerprint density at radius 3 is 1.34 bits per heavy atom. The van der Waals surface area contributed by atoms with Gasteiger partial charge in [-0.1, -0.05) is 48.5 Å². The van der Waals surface area contributed by atoms with Gasteiger partial charge in [0.25, 0.3) is 0 Å². The first-order valence-corrected chi connectivity index (χ1v) is 9.25. The van der Waals surface area contributed by atoms with Gasteiger partial charge in [0, 0.05) is 24.2 Å². The van der Waals surface area contributed by atoms with Crippen molar-refractivity contribution in [2.45, 2.75) is 19.3 Å². The van der Waals surface area contributed by atoms with Gasteiger partial charge in [0.05, 0.1) is 0 Å². The molecule has 2 rings (SSSR count). The predicted molar refractivity (Wildman–Crippen MR) is 113 cm³/mol. The van der Waals surface area contributed by atoms with E-state index in [0.717, 1.165) is 11.1 Å². The minimum absolute atomic E-state index is 0.0175. The standard InChI is InChI=1S/C21H26N6O2/c22-20(23)16-5-1-14(2-6-16)9-11-26-18(28)13-19(29)27-12-10-15-3-7-17(8-4-15)21(24)25/h1-8H,9-13H2,(H3,22,23)(H3,24,25)(H,26,28)(H,27,29). The molecule has 0 aliphatic heterocycles. The summed E-state index contributed by atoms with van der Waals surface area (Å²) in [4.78, 5) is 23.7. The highest BCUT2D eigenvalue weighted by atomic mass is 16.2. The number of benzene rings is 2. The Hall–Kier alpha value is -3.68. The van der Waals surface area contributed by atoms with Gasteiger partial charge in [0.15, 0.2) is 0 Å². The largest absolute Gasteiger partial charge is 0.384 e. The molecule has 0 aromatic heterocycles. The van der Waals surface area contributed by atoms with E-state index < -0.39 is 0 Å². The molecule has 0 spiro atoms. The molecule has 0 saturated carbocycles. The fourth-order valence-corrected chi connectivity index (χ4v) is 2.67. The Morgan fingerprint density at radius 2 is 1.03 bits per heavy atom. The summed E-state index contributed by atoms with van der Waals surface area (Å²) in [6.45, 7) is 0.849.